The van der Waals surface area contributed by atoms with E-state index in [0.717, 1.165) is 0 Å². The van der Waals surface area contributed by atoms with Gasteiger partial charge in [-0.2, -0.15) is 0 Å². The van der Waals surface area contributed by atoms with Crippen LogP contribution < -0.4 is 0 Å². The molecule has 0 unspecified atom stereocenters. The summed E-state index contributed by atoms with van der Waals surface area (Å²) >= 11 is 0. The van der Waals surface area contributed by atoms with Crippen molar-refractivity contribution in [2.75, 3.05) is 42.9 Å². The fourth-order valence-electron chi connectivity index (χ4n) is 5.39. The molecule has 0 spiro atoms. The van der Waals surface area contributed by atoms with Crippen LogP contribution in [-0.2, 0) is 0 Å². The summed E-state index contributed by atoms with van der Waals surface area (Å²) in [7, 11) is -2.16. The molecule has 0 aliphatic carbocycles. The van der Waals surface area contributed by atoms with Crippen LogP contribution >= 0.6 is 14.5 Å². The van der Waals surface area contributed by atoms with Crippen LogP contribution in [0.15, 0.2) is 0 Å². The number of hydrogen-bond acceptors (Lipinski definition) is 0. The van der Waals surface area contributed by atoms with E-state index in [-0.39, 0.29) is 0 Å². The Bertz CT molecular complexity index is 240. The van der Waals surface area contributed by atoms with Gasteiger partial charge in [0, 0.05) is 0 Å². The summed E-state index contributed by atoms with van der Waals surface area (Å²) < 4.78 is 0. The number of hydrogen-bond donors (Lipinski definition) is 0. The molecule has 0 aromatic rings. The van der Waals surface area contributed by atoms with Crippen LogP contribution in [0.1, 0.15) is 119 Å². The second-order valence-corrected chi connectivity index (χ2v) is 20.2. The predicted octanol–water partition coefficient (Wildman–Crippen LogP) is 9.24. The Morgan fingerprint density at radius 1 is 0.333 bits per heavy atom. The molecule has 0 amide bonds. The van der Waals surface area contributed by atoms with Crippen molar-refractivity contribution >= 4 is 14.5 Å². The Morgan fingerprint density at radius 2 is 0.519 bits per heavy atom. The van der Waals surface area contributed by atoms with Gasteiger partial charge in [0.05, 0.1) is 0 Å². The molecule has 27 heavy (non-hydrogen) atoms. The normalized spacial score (nSPS) is 13.9. The number of unbranched alkanes of at least 4 members (excludes halogenated alkanes) is 6. The van der Waals surface area contributed by atoms with Crippen LogP contribution in [0.4, 0.5) is 0 Å². The first kappa shape index (κ1) is 27.9. The molecule has 0 saturated carbocycles. The summed E-state index contributed by atoms with van der Waals surface area (Å²) in [6.45, 7) is 14.6. The predicted molar refractivity (Wildman–Crippen MR) is 140 cm³/mol. The van der Waals surface area contributed by atoms with Gasteiger partial charge in [-0.15, -0.1) is 0 Å². The van der Waals surface area contributed by atoms with Gasteiger partial charge in [0.25, 0.3) is 0 Å². The van der Waals surface area contributed by atoms with E-state index in [1.165, 1.54) is 77.0 Å². The summed E-state index contributed by atoms with van der Waals surface area (Å²) in [4.78, 5) is 0. The fourth-order valence-corrected chi connectivity index (χ4v) is 24.1. The van der Waals surface area contributed by atoms with E-state index in [1.807, 2.05) is 5.90 Å². The van der Waals surface area contributed by atoms with E-state index in [4.69, 9.17) is 0 Å². The molecule has 0 aliphatic rings. The molecule has 0 heterocycles. The topological polar surface area (TPSA) is 0 Å². The summed E-state index contributed by atoms with van der Waals surface area (Å²) in [6.07, 6.45) is 27.7. The summed E-state index contributed by atoms with van der Waals surface area (Å²) in [5.74, 6) is 1.82. The number of rotatable bonds is 20. The van der Waals surface area contributed by atoms with Gasteiger partial charge in [0.1, 0.15) is 0 Å². The van der Waals surface area contributed by atoms with E-state index >= 15 is 0 Å². The molecule has 0 aliphatic heterocycles. The van der Waals surface area contributed by atoms with Gasteiger partial charge in [-0.05, 0) is 0 Å². The quantitative estimate of drug-likeness (QED) is 0.172. The molecule has 0 aromatic carbocycles. The van der Waals surface area contributed by atoms with Crippen molar-refractivity contribution in [3.8, 4) is 0 Å². The van der Waals surface area contributed by atoms with E-state index < -0.39 is 14.5 Å². The Morgan fingerprint density at radius 3 is 0.667 bits per heavy atom. The zero-order valence-corrected chi connectivity index (χ0v) is 22.4. The van der Waals surface area contributed by atoms with Crippen molar-refractivity contribution in [2.24, 2.45) is 0 Å². The molecule has 0 fully saturated rings. The van der Waals surface area contributed by atoms with Gasteiger partial charge in [0.15, 0.2) is 0 Å². The van der Waals surface area contributed by atoms with Crippen molar-refractivity contribution in [3.05, 3.63) is 0 Å². The Hall–Kier alpha value is 0.860. The van der Waals surface area contributed by atoms with E-state index in [0.29, 0.717) is 0 Å². The summed E-state index contributed by atoms with van der Waals surface area (Å²) in [5, 5.41) is 0. The monoisotopic (exact) mass is 420 g/mol. The maximum atomic E-state index is 2.43. The summed E-state index contributed by atoms with van der Waals surface area (Å²) in [5.41, 5.74) is 0. The zero-order chi connectivity index (χ0) is 20.4. The third-order valence-corrected chi connectivity index (χ3v) is 21.6. The second kappa shape index (κ2) is 17.7. The van der Waals surface area contributed by atoms with Crippen LogP contribution in [0.2, 0.25) is 0 Å². The van der Waals surface area contributed by atoms with Crippen molar-refractivity contribution in [1.29, 1.82) is 0 Å². The fraction of sp³-hybridized carbons (Fsp3) is 1.00. The molecular formula is C25H58P2. The molecule has 0 N–H and O–H groups in total. The SMILES string of the molecule is CCCC[PH](CCCC)(CCCC)C[PH](CCCC)(CCCC)CCCC. The molecule has 0 nitrogen and oxygen atoms in total. The van der Waals surface area contributed by atoms with Crippen LogP contribution in [-0.4, -0.2) is 42.9 Å². The molecule has 0 aromatic heterocycles. The molecule has 0 saturated heterocycles. The van der Waals surface area contributed by atoms with E-state index in [1.54, 1.807) is 37.0 Å². The first-order chi connectivity index (χ1) is 13.1. The van der Waals surface area contributed by atoms with Gasteiger partial charge in [-0.3, -0.25) is 0 Å². The van der Waals surface area contributed by atoms with Crippen molar-refractivity contribution in [1.82, 2.24) is 0 Å². The van der Waals surface area contributed by atoms with Crippen LogP contribution in [0.3, 0.4) is 0 Å². The van der Waals surface area contributed by atoms with Crippen LogP contribution in [0.5, 0.6) is 0 Å². The Kier molecular flexibility index (Phi) is 18.3. The van der Waals surface area contributed by atoms with Crippen molar-refractivity contribution in [2.45, 2.75) is 119 Å². The zero-order valence-electron chi connectivity index (χ0n) is 20.4. The van der Waals surface area contributed by atoms with Gasteiger partial charge < -0.3 is 0 Å². The van der Waals surface area contributed by atoms with Crippen molar-refractivity contribution < 1.29 is 0 Å². The van der Waals surface area contributed by atoms with Crippen molar-refractivity contribution in [3.63, 3.8) is 0 Å². The molecular weight excluding hydrogens is 362 g/mol. The van der Waals surface area contributed by atoms with Crippen LogP contribution in [0, 0.1) is 0 Å². The molecule has 0 bridgehead atoms. The van der Waals surface area contributed by atoms with E-state index in [2.05, 4.69) is 41.5 Å². The van der Waals surface area contributed by atoms with E-state index in [9.17, 15) is 0 Å². The first-order valence-electron chi connectivity index (χ1n) is 13.1. The summed E-state index contributed by atoms with van der Waals surface area (Å²) in [6, 6.07) is 0. The Balaban J connectivity index is 5.66. The van der Waals surface area contributed by atoms with Gasteiger partial charge in [-0.25, -0.2) is 0 Å². The Labute approximate surface area is 176 Å². The standard InChI is InChI=1S/C25H58P2/c1-7-13-19-26(20-14-8-2,21-15-9-3)25-27(22-16-10-4,23-17-11-5)24-18-12-6/h26-27H,7-25H2,1-6H3. The maximum absolute atomic E-state index is 2.43. The third kappa shape index (κ3) is 12.2. The second-order valence-electron chi connectivity index (χ2n) is 9.80. The molecule has 0 rings (SSSR count). The molecule has 2 heteroatoms. The molecule has 0 radical (unpaired) electrons. The molecule has 168 valence electrons. The third-order valence-electron chi connectivity index (χ3n) is 7.11. The van der Waals surface area contributed by atoms with Crippen LogP contribution in [0.25, 0.3) is 0 Å². The molecule has 0 atom stereocenters. The van der Waals surface area contributed by atoms with Gasteiger partial charge in [-0.1, -0.05) is 0 Å². The minimum atomic E-state index is -1.08. The minimum absolute atomic E-state index is 1.08. The average Bonchev–Trinajstić information content (AvgIpc) is 2.70. The average molecular weight is 421 g/mol. The first-order valence-corrected chi connectivity index (χ1v) is 18.7. The van der Waals surface area contributed by atoms with Gasteiger partial charge in [0.2, 0.25) is 0 Å². The van der Waals surface area contributed by atoms with Gasteiger partial charge >= 0.3 is 176 Å².